The van der Waals surface area contributed by atoms with Crippen molar-refractivity contribution in [2.75, 3.05) is 44.8 Å². The Balaban J connectivity index is 1.80. The summed E-state index contributed by atoms with van der Waals surface area (Å²) in [6.07, 6.45) is 0. The third kappa shape index (κ3) is 4.41. The monoisotopic (exact) mass is 330 g/mol. The van der Waals surface area contributed by atoms with Gasteiger partial charge in [0.1, 0.15) is 0 Å². The van der Waals surface area contributed by atoms with Gasteiger partial charge in [0, 0.05) is 31.7 Å². The van der Waals surface area contributed by atoms with E-state index in [1.807, 2.05) is 4.90 Å². The maximum absolute atomic E-state index is 13.5. The second-order valence-electron chi connectivity index (χ2n) is 5.10. The molecule has 0 aromatic heterocycles. The standard InChI is InChI=1S/C14H19FN2O4S/c1-21-13-3-2-11(10-12(13)15)14(18)16-4-5-17-6-8-22(19,20)9-7-17/h2-3,10H,4-9H2,1H3,(H,16,18). The van der Waals surface area contributed by atoms with E-state index in [4.69, 9.17) is 4.74 Å². The number of rotatable bonds is 5. The summed E-state index contributed by atoms with van der Waals surface area (Å²) in [5, 5.41) is 2.69. The average Bonchev–Trinajstić information content (AvgIpc) is 2.48. The van der Waals surface area contributed by atoms with Gasteiger partial charge in [-0.3, -0.25) is 9.69 Å². The Labute approximate surface area is 129 Å². The molecule has 1 aliphatic rings. The van der Waals surface area contributed by atoms with E-state index in [0.29, 0.717) is 26.2 Å². The van der Waals surface area contributed by atoms with Crippen molar-refractivity contribution in [1.29, 1.82) is 0 Å². The average molecular weight is 330 g/mol. The molecule has 0 bridgehead atoms. The van der Waals surface area contributed by atoms with Crippen molar-refractivity contribution < 1.29 is 22.3 Å². The van der Waals surface area contributed by atoms with Crippen LogP contribution < -0.4 is 10.1 Å². The van der Waals surface area contributed by atoms with Crippen molar-refractivity contribution in [1.82, 2.24) is 10.2 Å². The Morgan fingerprint density at radius 2 is 2.05 bits per heavy atom. The number of sulfone groups is 1. The Kier molecular flexibility index (Phi) is 5.36. The summed E-state index contributed by atoms with van der Waals surface area (Å²) in [6, 6.07) is 4.02. The van der Waals surface area contributed by atoms with Crippen LogP contribution in [0.2, 0.25) is 0 Å². The van der Waals surface area contributed by atoms with Crippen LogP contribution in [0.3, 0.4) is 0 Å². The number of hydrogen-bond acceptors (Lipinski definition) is 5. The highest BCUT2D eigenvalue weighted by Crippen LogP contribution is 2.17. The third-order valence-electron chi connectivity index (χ3n) is 3.56. The minimum atomic E-state index is -2.89. The van der Waals surface area contributed by atoms with Crippen LogP contribution in [-0.2, 0) is 9.84 Å². The summed E-state index contributed by atoms with van der Waals surface area (Å²) in [4.78, 5) is 13.9. The fourth-order valence-corrected chi connectivity index (χ4v) is 3.49. The van der Waals surface area contributed by atoms with Crippen LogP contribution in [0.15, 0.2) is 18.2 Å². The molecule has 1 aliphatic heterocycles. The molecule has 1 aromatic rings. The van der Waals surface area contributed by atoms with Crippen LogP contribution in [0.4, 0.5) is 4.39 Å². The molecule has 0 saturated carbocycles. The molecule has 1 fully saturated rings. The molecular weight excluding hydrogens is 311 g/mol. The van der Waals surface area contributed by atoms with E-state index in [-0.39, 0.29) is 28.7 Å². The molecule has 2 rings (SSSR count). The van der Waals surface area contributed by atoms with Gasteiger partial charge in [-0.25, -0.2) is 12.8 Å². The van der Waals surface area contributed by atoms with Gasteiger partial charge in [-0.15, -0.1) is 0 Å². The molecule has 1 heterocycles. The lowest BCUT2D eigenvalue weighted by Gasteiger charge is -2.26. The van der Waals surface area contributed by atoms with E-state index in [1.54, 1.807) is 0 Å². The van der Waals surface area contributed by atoms with Crippen LogP contribution in [0.5, 0.6) is 5.75 Å². The molecule has 0 radical (unpaired) electrons. The number of amides is 1. The predicted molar refractivity (Wildman–Crippen MR) is 80.4 cm³/mol. The topological polar surface area (TPSA) is 75.7 Å². The van der Waals surface area contributed by atoms with Crippen molar-refractivity contribution >= 4 is 15.7 Å². The molecule has 0 spiro atoms. The van der Waals surface area contributed by atoms with E-state index in [0.717, 1.165) is 6.07 Å². The molecule has 0 atom stereocenters. The van der Waals surface area contributed by atoms with Crippen LogP contribution >= 0.6 is 0 Å². The molecule has 1 saturated heterocycles. The van der Waals surface area contributed by atoms with E-state index in [1.165, 1.54) is 19.2 Å². The number of ether oxygens (including phenoxy) is 1. The van der Waals surface area contributed by atoms with Crippen molar-refractivity contribution in [3.63, 3.8) is 0 Å². The number of carbonyl (C=O) groups excluding carboxylic acids is 1. The van der Waals surface area contributed by atoms with E-state index in [9.17, 15) is 17.6 Å². The number of nitrogens with one attached hydrogen (secondary N) is 1. The quantitative estimate of drug-likeness (QED) is 0.840. The van der Waals surface area contributed by atoms with Crippen molar-refractivity contribution in [3.05, 3.63) is 29.6 Å². The molecule has 1 amide bonds. The zero-order valence-electron chi connectivity index (χ0n) is 12.3. The summed E-state index contributed by atoms with van der Waals surface area (Å²) >= 11 is 0. The first kappa shape index (κ1) is 16.7. The summed E-state index contributed by atoms with van der Waals surface area (Å²) in [5.41, 5.74) is 0.222. The second kappa shape index (κ2) is 7.06. The molecular formula is C14H19FN2O4S. The van der Waals surface area contributed by atoms with Gasteiger partial charge in [0.25, 0.3) is 5.91 Å². The second-order valence-corrected chi connectivity index (χ2v) is 7.40. The summed E-state index contributed by atoms with van der Waals surface area (Å²) < 4.78 is 40.9. The lowest BCUT2D eigenvalue weighted by molar-refractivity contribution is 0.0948. The van der Waals surface area contributed by atoms with Gasteiger partial charge in [0.05, 0.1) is 18.6 Å². The first-order valence-electron chi connectivity index (χ1n) is 6.96. The highest BCUT2D eigenvalue weighted by atomic mass is 32.2. The molecule has 1 aromatic carbocycles. The Morgan fingerprint density at radius 1 is 1.36 bits per heavy atom. The first-order valence-corrected chi connectivity index (χ1v) is 8.78. The van der Waals surface area contributed by atoms with Crippen molar-refractivity contribution in [2.24, 2.45) is 0 Å². The van der Waals surface area contributed by atoms with Gasteiger partial charge in [0.2, 0.25) is 0 Å². The summed E-state index contributed by atoms with van der Waals surface area (Å²) in [7, 11) is -1.54. The summed E-state index contributed by atoms with van der Waals surface area (Å²) in [6.45, 7) is 1.91. The number of carbonyl (C=O) groups is 1. The lowest BCUT2D eigenvalue weighted by Crippen LogP contribution is -2.43. The molecule has 8 heteroatoms. The van der Waals surface area contributed by atoms with E-state index >= 15 is 0 Å². The fraction of sp³-hybridized carbons (Fsp3) is 0.500. The number of nitrogens with zero attached hydrogens (tertiary/aromatic N) is 1. The minimum Gasteiger partial charge on any atom is -0.494 e. The predicted octanol–water partition coefficient (Wildman–Crippen LogP) is 0.294. The van der Waals surface area contributed by atoms with Gasteiger partial charge in [-0.2, -0.15) is 0 Å². The van der Waals surface area contributed by atoms with E-state index < -0.39 is 15.7 Å². The number of benzene rings is 1. The van der Waals surface area contributed by atoms with Gasteiger partial charge in [0.15, 0.2) is 21.4 Å². The molecule has 0 unspecified atom stereocenters. The molecule has 0 aliphatic carbocycles. The van der Waals surface area contributed by atoms with Crippen LogP contribution in [0.1, 0.15) is 10.4 Å². The Hall–Kier alpha value is -1.67. The van der Waals surface area contributed by atoms with Crippen molar-refractivity contribution in [3.8, 4) is 5.75 Å². The molecule has 22 heavy (non-hydrogen) atoms. The van der Waals surface area contributed by atoms with E-state index in [2.05, 4.69) is 5.32 Å². The smallest absolute Gasteiger partial charge is 0.251 e. The Morgan fingerprint density at radius 3 is 2.64 bits per heavy atom. The normalized spacial score (nSPS) is 17.9. The fourth-order valence-electron chi connectivity index (χ4n) is 2.21. The third-order valence-corrected chi connectivity index (χ3v) is 5.17. The van der Waals surface area contributed by atoms with Gasteiger partial charge in [-0.1, -0.05) is 0 Å². The van der Waals surface area contributed by atoms with Gasteiger partial charge >= 0.3 is 0 Å². The zero-order valence-corrected chi connectivity index (χ0v) is 13.2. The number of halogens is 1. The minimum absolute atomic E-state index is 0.0890. The Bertz CT molecular complexity index is 634. The lowest BCUT2D eigenvalue weighted by atomic mass is 10.2. The van der Waals surface area contributed by atoms with Gasteiger partial charge in [-0.05, 0) is 18.2 Å². The van der Waals surface area contributed by atoms with Crippen LogP contribution in [0.25, 0.3) is 0 Å². The largest absolute Gasteiger partial charge is 0.494 e. The SMILES string of the molecule is COc1ccc(C(=O)NCCN2CCS(=O)(=O)CC2)cc1F. The van der Waals surface area contributed by atoms with Gasteiger partial charge < -0.3 is 10.1 Å². The highest BCUT2D eigenvalue weighted by molar-refractivity contribution is 7.91. The highest BCUT2D eigenvalue weighted by Gasteiger charge is 2.21. The first-order chi connectivity index (χ1) is 10.4. The molecule has 1 N–H and O–H groups in total. The summed E-state index contributed by atoms with van der Waals surface area (Å²) in [5.74, 6) is -0.552. The van der Waals surface area contributed by atoms with Crippen LogP contribution in [-0.4, -0.2) is 64.0 Å². The van der Waals surface area contributed by atoms with Crippen LogP contribution in [0, 0.1) is 5.82 Å². The molecule has 6 nitrogen and oxygen atoms in total. The zero-order chi connectivity index (χ0) is 16.2. The number of methoxy groups -OCH3 is 1. The van der Waals surface area contributed by atoms with Crippen molar-refractivity contribution in [2.45, 2.75) is 0 Å². The maximum Gasteiger partial charge on any atom is 0.251 e. The molecule has 122 valence electrons. The number of hydrogen-bond donors (Lipinski definition) is 1. The maximum atomic E-state index is 13.5.